The Kier molecular flexibility index (Phi) is 14.4. The summed E-state index contributed by atoms with van der Waals surface area (Å²) in [5.74, 6) is -0.496. The molecule has 3 heterocycles. The van der Waals surface area contributed by atoms with Crippen molar-refractivity contribution in [2.24, 2.45) is 56.7 Å². The Bertz CT molecular complexity index is 1820. The predicted octanol–water partition coefficient (Wildman–Crippen LogP) is -1.03. The van der Waals surface area contributed by atoms with Gasteiger partial charge in [0.05, 0.1) is 43.5 Å². The SMILES string of the molecule is CC1=CC[C@]2(C(=O)O[C@@H]3O[C@H](CO[C@@H]4O[C@H](CO)[C@@H](O[C@@H]5O[C@@H](C)[C@H](O)[C@@H](O)[C@H]5O)[C@H](O)[C@H]4O)[C@@H](O)[C@H](O)[C@H]3O)CC[C@]3(C)C(CCC4[C@@]5(C)C[C@@H](O)[C@H](O)[C@@](C)(CO)C5CC[C@]43C)C2C1C. The minimum atomic E-state index is -1.86. The van der Waals surface area contributed by atoms with Crippen LogP contribution in [-0.2, 0) is 33.2 Å². The van der Waals surface area contributed by atoms with Crippen molar-refractivity contribution in [1.82, 2.24) is 0 Å². The minimum absolute atomic E-state index is 0.00890. The zero-order valence-electron chi connectivity index (χ0n) is 39.8. The average molecular weight is 959 g/mol. The van der Waals surface area contributed by atoms with E-state index in [4.69, 9.17) is 28.4 Å². The highest BCUT2D eigenvalue weighted by Crippen LogP contribution is 2.77. The van der Waals surface area contributed by atoms with Gasteiger partial charge in [0.1, 0.15) is 67.1 Å². The van der Waals surface area contributed by atoms with Crippen LogP contribution in [0.1, 0.15) is 99.8 Å². The molecule has 12 N–H and O–H groups in total. The van der Waals surface area contributed by atoms with Gasteiger partial charge in [0.2, 0.25) is 6.29 Å². The topological polar surface area (TPSA) is 315 Å². The summed E-state index contributed by atoms with van der Waals surface area (Å²) in [5, 5.41) is 130. The van der Waals surface area contributed by atoms with Crippen molar-refractivity contribution in [3.8, 4) is 0 Å². The monoisotopic (exact) mass is 959 g/mol. The highest BCUT2D eigenvalue weighted by Gasteiger charge is 2.72. The van der Waals surface area contributed by atoms with Crippen molar-refractivity contribution < 1.29 is 94.5 Å². The van der Waals surface area contributed by atoms with Gasteiger partial charge in [-0.1, -0.05) is 46.3 Å². The fourth-order valence-electron chi connectivity index (χ4n) is 15.6. The molecule has 0 radical (unpaired) electrons. The molecular weight excluding hydrogens is 881 g/mol. The number of fused-ring (bicyclic) bond motifs is 7. The quantitative estimate of drug-likeness (QED) is 0.0971. The van der Waals surface area contributed by atoms with E-state index in [1.807, 2.05) is 6.92 Å². The van der Waals surface area contributed by atoms with Gasteiger partial charge in [0.25, 0.3) is 0 Å². The number of carbonyl (C=O) groups is 1. The van der Waals surface area contributed by atoms with Crippen LogP contribution >= 0.6 is 0 Å². The molecule has 8 aliphatic rings. The number of allylic oxidation sites excluding steroid dienone is 2. The third-order valence-electron chi connectivity index (χ3n) is 19.9. The van der Waals surface area contributed by atoms with Crippen molar-refractivity contribution >= 4 is 5.97 Å². The lowest BCUT2D eigenvalue weighted by Gasteiger charge is -2.73. The molecule has 0 amide bonds. The lowest BCUT2D eigenvalue weighted by atomic mass is 9.31. The maximum absolute atomic E-state index is 15.0. The van der Waals surface area contributed by atoms with Gasteiger partial charge >= 0.3 is 5.97 Å². The van der Waals surface area contributed by atoms with Gasteiger partial charge in [-0.2, -0.15) is 0 Å². The molecule has 0 aromatic carbocycles. The Morgan fingerprint density at radius 1 is 0.701 bits per heavy atom. The van der Waals surface area contributed by atoms with E-state index >= 15 is 4.79 Å². The Labute approximate surface area is 392 Å². The standard InChI is InChI=1S/C48H78O19/c1-20-10-13-48(15-14-46(6)23(29(48)21(20)2)8-9-28-44(4)16-24(51)39(60)45(5,19-50)27(44)11-12-47(28,46)7)43(61)67-42-36(58)33(55)31(53)26(65-42)18-62-40-37(59)34(56)38(25(17-49)64-40)66-41-35(57)32(54)30(52)22(3)63-41/h10,21-42,49-60H,8-9,11-19H2,1-7H3/t21?,22-,23?,24+,25+,26+,27?,28?,29?,30-,31+,32+,33-,34+,35+,36+,37+,38+,39-,40+,41-,42-,44-,45-,46+,47+,48-/m0/s1. The molecule has 5 aliphatic carbocycles. The predicted molar refractivity (Wildman–Crippen MR) is 231 cm³/mol. The first kappa shape index (κ1) is 51.9. The molecule has 384 valence electrons. The van der Waals surface area contributed by atoms with Gasteiger partial charge in [-0.05, 0) is 111 Å². The van der Waals surface area contributed by atoms with Crippen molar-refractivity contribution in [1.29, 1.82) is 0 Å². The maximum atomic E-state index is 15.0. The normalized spacial score (nSPS) is 56.7. The number of rotatable bonds is 9. The molecule has 3 saturated heterocycles. The Morgan fingerprint density at radius 2 is 1.34 bits per heavy atom. The summed E-state index contributed by atoms with van der Waals surface area (Å²) >= 11 is 0. The second kappa shape index (κ2) is 18.5. The van der Waals surface area contributed by atoms with E-state index in [1.54, 1.807) is 0 Å². The molecule has 0 spiro atoms. The van der Waals surface area contributed by atoms with E-state index in [1.165, 1.54) is 12.5 Å². The van der Waals surface area contributed by atoms with Crippen LogP contribution in [-0.4, -0.2) is 191 Å². The van der Waals surface area contributed by atoms with E-state index < -0.39 is 134 Å². The summed E-state index contributed by atoms with van der Waals surface area (Å²) in [6, 6.07) is 0. The van der Waals surface area contributed by atoms with Gasteiger partial charge < -0.3 is 89.7 Å². The molecule has 19 nitrogen and oxygen atoms in total. The molecule has 27 atom stereocenters. The third-order valence-corrected chi connectivity index (χ3v) is 19.9. The van der Waals surface area contributed by atoms with Gasteiger partial charge in [0, 0.05) is 5.41 Å². The first-order chi connectivity index (χ1) is 31.4. The average Bonchev–Trinajstić information content (AvgIpc) is 3.29. The van der Waals surface area contributed by atoms with Crippen molar-refractivity contribution in [3.05, 3.63) is 11.6 Å². The van der Waals surface area contributed by atoms with Crippen LogP contribution in [0, 0.1) is 56.7 Å². The lowest BCUT2D eigenvalue weighted by Crippen LogP contribution is -2.70. The molecule has 67 heavy (non-hydrogen) atoms. The number of hydrogen-bond donors (Lipinski definition) is 12. The van der Waals surface area contributed by atoms with Crippen LogP contribution in [0.5, 0.6) is 0 Å². The lowest BCUT2D eigenvalue weighted by molar-refractivity contribution is -0.361. The van der Waals surface area contributed by atoms with Crippen molar-refractivity contribution in [3.63, 3.8) is 0 Å². The number of hydrogen-bond acceptors (Lipinski definition) is 19. The van der Waals surface area contributed by atoms with Crippen LogP contribution in [0.15, 0.2) is 11.6 Å². The molecule has 0 aromatic heterocycles. The van der Waals surface area contributed by atoms with Gasteiger partial charge in [0.15, 0.2) is 12.6 Å². The number of carbonyl (C=O) groups excluding carboxylic acids is 1. The van der Waals surface area contributed by atoms with Crippen LogP contribution in [0.4, 0.5) is 0 Å². The van der Waals surface area contributed by atoms with Crippen LogP contribution in [0.2, 0.25) is 0 Å². The Hall–Kier alpha value is -1.47. The summed E-state index contributed by atoms with van der Waals surface area (Å²) < 4.78 is 34.7. The maximum Gasteiger partial charge on any atom is 0.315 e. The first-order valence-corrected chi connectivity index (χ1v) is 24.5. The second-order valence-corrected chi connectivity index (χ2v) is 22.9. The largest absolute Gasteiger partial charge is 0.432 e. The molecule has 7 fully saturated rings. The summed E-state index contributed by atoms with van der Waals surface area (Å²) in [4.78, 5) is 15.0. The van der Waals surface area contributed by atoms with E-state index in [-0.39, 0.29) is 52.4 Å². The summed E-state index contributed by atoms with van der Waals surface area (Å²) in [5.41, 5.74) is -1.48. The van der Waals surface area contributed by atoms with Crippen LogP contribution in [0.3, 0.4) is 0 Å². The molecule has 0 aromatic rings. The highest BCUT2D eigenvalue weighted by molar-refractivity contribution is 5.78. The van der Waals surface area contributed by atoms with E-state index in [0.717, 1.165) is 25.7 Å². The van der Waals surface area contributed by atoms with Crippen molar-refractivity contribution in [2.75, 3.05) is 19.8 Å². The second-order valence-electron chi connectivity index (χ2n) is 22.9. The molecule has 5 unspecified atom stereocenters. The fraction of sp³-hybridized carbons (Fsp3) is 0.938. The van der Waals surface area contributed by atoms with Crippen molar-refractivity contribution in [2.45, 2.75) is 204 Å². The third kappa shape index (κ3) is 7.92. The summed E-state index contributed by atoms with van der Waals surface area (Å²) in [6.07, 6.45) is -18.9. The number of aliphatic hydroxyl groups is 12. The first-order valence-electron chi connectivity index (χ1n) is 24.5. The molecule has 3 aliphatic heterocycles. The smallest absolute Gasteiger partial charge is 0.315 e. The number of ether oxygens (including phenoxy) is 6. The fourth-order valence-corrected chi connectivity index (χ4v) is 15.6. The molecule has 8 rings (SSSR count). The summed E-state index contributed by atoms with van der Waals surface area (Å²) in [6.45, 7) is 12.9. The van der Waals surface area contributed by atoms with E-state index in [0.29, 0.717) is 25.7 Å². The Balaban J connectivity index is 0.972. The van der Waals surface area contributed by atoms with Gasteiger partial charge in [-0.3, -0.25) is 4.79 Å². The van der Waals surface area contributed by atoms with Gasteiger partial charge in [-0.15, -0.1) is 0 Å². The zero-order chi connectivity index (χ0) is 49.1. The number of esters is 1. The van der Waals surface area contributed by atoms with E-state index in [2.05, 4.69) is 40.7 Å². The Morgan fingerprint density at radius 3 is 2.01 bits per heavy atom. The molecule has 0 bridgehead atoms. The van der Waals surface area contributed by atoms with Gasteiger partial charge in [-0.25, -0.2) is 0 Å². The van der Waals surface area contributed by atoms with Crippen LogP contribution < -0.4 is 0 Å². The van der Waals surface area contributed by atoms with Crippen LogP contribution in [0.25, 0.3) is 0 Å². The molecule has 4 saturated carbocycles. The minimum Gasteiger partial charge on any atom is -0.432 e. The summed E-state index contributed by atoms with van der Waals surface area (Å²) in [7, 11) is 0. The molecular formula is C48H78O19. The number of aliphatic hydroxyl groups excluding tert-OH is 12. The highest BCUT2D eigenvalue weighted by atomic mass is 16.8. The zero-order valence-corrected chi connectivity index (χ0v) is 39.8. The van der Waals surface area contributed by atoms with E-state index in [9.17, 15) is 61.3 Å². The molecule has 19 heteroatoms.